The summed E-state index contributed by atoms with van der Waals surface area (Å²) in [6, 6.07) is -0.0376. The molecule has 0 aliphatic carbocycles. The lowest BCUT2D eigenvalue weighted by Gasteiger charge is -2.19. The van der Waals surface area contributed by atoms with E-state index in [9.17, 15) is 0 Å². The third kappa shape index (κ3) is 2.73. The van der Waals surface area contributed by atoms with Crippen molar-refractivity contribution < 1.29 is 9.26 Å². The van der Waals surface area contributed by atoms with E-state index >= 15 is 0 Å². The number of aryl methyl sites for hydroxylation is 3. The molecule has 0 amide bonds. The highest BCUT2D eigenvalue weighted by molar-refractivity contribution is 5.07. The molecule has 3 rings (SSSR count). The zero-order valence-electron chi connectivity index (χ0n) is 11.5. The van der Waals surface area contributed by atoms with Crippen LogP contribution in [0.25, 0.3) is 0 Å². The van der Waals surface area contributed by atoms with E-state index in [-0.39, 0.29) is 6.04 Å². The minimum atomic E-state index is -0.0376. The molecule has 1 aliphatic heterocycles. The van der Waals surface area contributed by atoms with Crippen molar-refractivity contribution in [1.29, 1.82) is 0 Å². The molecule has 1 saturated heterocycles. The second kappa shape index (κ2) is 5.72. The lowest BCUT2D eigenvalue weighted by Crippen LogP contribution is -2.24. The van der Waals surface area contributed by atoms with Crippen LogP contribution in [-0.2, 0) is 17.7 Å². The van der Waals surface area contributed by atoms with Gasteiger partial charge in [0.25, 0.3) is 0 Å². The first-order valence-electron chi connectivity index (χ1n) is 6.86. The smallest absolute Gasteiger partial charge is 0.228 e. The van der Waals surface area contributed by atoms with Crippen molar-refractivity contribution >= 4 is 0 Å². The molecule has 0 radical (unpaired) electrons. The Hall–Kier alpha value is -1.73. The first-order valence-corrected chi connectivity index (χ1v) is 6.86. The predicted molar refractivity (Wildman–Crippen MR) is 70.8 cm³/mol. The van der Waals surface area contributed by atoms with Gasteiger partial charge >= 0.3 is 0 Å². The van der Waals surface area contributed by atoms with Crippen LogP contribution in [0, 0.1) is 12.8 Å². The Labute approximate surface area is 117 Å². The highest BCUT2D eigenvalue weighted by Crippen LogP contribution is 2.26. The van der Waals surface area contributed by atoms with Crippen LogP contribution >= 0.6 is 0 Å². The van der Waals surface area contributed by atoms with Crippen LogP contribution in [0.1, 0.15) is 29.9 Å². The average Bonchev–Trinajstić information content (AvgIpc) is 3.17. The van der Waals surface area contributed by atoms with E-state index in [2.05, 4.69) is 19.7 Å². The highest BCUT2D eigenvalue weighted by Gasteiger charge is 2.26. The SMILES string of the molecule is Cc1noc(CCn2cncc2C(N)C2CCOC2)n1. The summed E-state index contributed by atoms with van der Waals surface area (Å²) < 4.78 is 12.6. The molecular formula is C13H19N5O2. The molecule has 2 N–H and O–H groups in total. The van der Waals surface area contributed by atoms with Crippen LogP contribution < -0.4 is 5.73 Å². The minimum Gasteiger partial charge on any atom is -0.381 e. The first-order chi connectivity index (χ1) is 9.74. The molecule has 108 valence electrons. The summed E-state index contributed by atoms with van der Waals surface area (Å²) in [7, 11) is 0. The lowest BCUT2D eigenvalue weighted by molar-refractivity contribution is 0.180. The average molecular weight is 277 g/mol. The predicted octanol–water partition coefficient (Wildman–Crippen LogP) is 0.854. The number of hydrogen-bond acceptors (Lipinski definition) is 6. The van der Waals surface area contributed by atoms with Gasteiger partial charge in [-0.25, -0.2) is 4.98 Å². The molecule has 2 aromatic rings. The third-order valence-electron chi connectivity index (χ3n) is 3.70. The van der Waals surface area contributed by atoms with Crippen molar-refractivity contribution in [2.24, 2.45) is 11.7 Å². The van der Waals surface area contributed by atoms with Crippen molar-refractivity contribution in [2.75, 3.05) is 13.2 Å². The fourth-order valence-electron chi connectivity index (χ4n) is 2.53. The molecule has 3 heterocycles. The maximum absolute atomic E-state index is 6.33. The van der Waals surface area contributed by atoms with Gasteiger partial charge in [-0.3, -0.25) is 0 Å². The number of nitrogens with zero attached hydrogens (tertiary/aromatic N) is 4. The van der Waals surface area contributed by atoms with E-state index < -0.39 is 0 Å². The normalized spacial score (nSPS) is 20.4. The van der Waals surface area contributed by atoms with E-state index in [1.165, 1.54) is 0 Å². The number of hydrogen-bond donors (Lipinski definition) is 1. The second-order valence-corrected chi connectivity index (χ2v) is 5.15. The Morgan fingerprint density at radius 3 is 3.15 bits per heavy atom. The lowest BCUT2D eigenvalue weighted by atomic mass is 9.97. The van der Waals surface area contributed by atoms with Gasteiger partial charge < -0.3 is 19.6 Å². The van der Waals surface area contributed by atoms with E-state index in [0.29, 0.717) is 24.1 Å². The summed E-state index contributed by atoms with van der Waals surface area (Å²) in [4.78, 5) is 8.41. The summed E-state index contributed by atoms with van der Waals surface area (Å²) in [5.41, 5.74) is 7.37. The second-order valence-electron chi connectivity index (χ2n) is 5.15. The van der Waals surface area contributed by atoms with Crippen molar-refractivity contribution in [1.82, 2.24) is 19.7 Å². The number of aromatic nitrogens is 4. The molecule has 0 aromatic carbocycles. The zero-order valence-corrected chi connectivity index (χ0v) is 11.5. The fourth-order valence-corrected chi connectivity index (χ4v) is 2.53. The summed E-state index contributed by atoms with van der Waals surface area (Å²) in [6.07, 6.45) is 5.32. The van der Waals surface area contributed by atoms with Crippen molar-refractivity contribution in [3.05, 3.63) is 29.9 Å². The number of ether oxygens (including phenoxy) is 1. The molecule has 1 fully saturated rings. The third-order valence-corrected chi connectivity index (χ3v) is 3.70. The molecular weight excluding hydrogens is 258 g/mol. The summed E-state index contributed by atoms with van der Waals surface area (Å²) in [5, 5.41) is 3.78. The Morgan fingerprint density at radius 2 is 2.45 bits per heavy atom. The van der Waals surface area contributed by atoms with Crippen molar-refractivity contribution in [3.63, 3.8) is 0 Å². The molecule has 20 heavy (non-hydrogen) atoms. The molecule has 2 unspecified atom stereocenters. The molecule has 0 saturated carbocycles. The number of imidazole rings is 1. The van der Waals surface area contributed by atoms with Crippen LogP contribution in [0.4, 0.5) is 0 Å². The maximum atomic E-state index is 6.33. The standard InChI is InChI=1S/C13H19N5O2/c1-9-16-12(20-17-9)2-4-18-8-15-6-11(18)13(14)10-3-5-19-7-10/h6,8,10,13H,2-5,7,14H2,1H3. The van der Waals surface area contributed by atoms with Crippen LogP contribution in [0.15, 0.2) is 17.0 Å². The van der Waals surface area contributed by atoms with E-state index in [1.54, 1.807) is 6.33 Å². The summed E-state index contributed by atoms with van der Waals surface area (Å²) in [6.45, 7) is 4.08. The van der Waals surface area contributed by atoms with Gasteiger partial charge in [-0.05, 0) is 13.3 Å². The van der Waals surface area contributed by atoms with Gasteiger partial charge in [-0.1, -0.05) is 5.16 Å². The molecule has 0 spiro atoms. The molecule has 2 aromatic heterocycles. The Balaban J connectivity index is 1.66. The molecule has 1 aliphatic rings. The maximum Gasteiger partial charge on any atom is 0.228 e. The monoisotopic (exact) mass is 277 g/mol. The van der Waals surface area contributed by atoms with Gasteiger partial charge in [0.1, 0.15) is 0 Å². The Bertz CT molecular complexity index is 559. The quantitative estimate of drug-likeness (QED) is 0.871. The van der Waals surface area contributed by atoms with Crippen LogP contribution in [-0.4, -0.2) is 32.9 Å². The molecule has 7 nitrogen and oxygen atoms in total. The van der Waals surface area contributed by atoms with Gasteiger partial charge in [0, 0.05) is 31.7 Å². The Kier molecular flexibility index (Phi) is 3.79. The number of nitrogens with two attached hydrogens (primary N) is 1. The summed E-state index contributed by atoms with van der Waals surface area (Å²) >= 11 is 0. The van der Waals surface area contributed by atoms with Gasteiger partial charge in [-0.2, -0.15) is 4.98 Å². The topological polar surface area (TPSA) is 92.0 Å². The van der Waals surface area contributed by atoms with Crippen LogP contribution in [0.3, 0.4) is 0 Å². The van der Waals surface area contributed by atoms with E-state index in [1.807, 2.05) is 13.1 Å². The van der Waals surface area contributed by atoms with Gasteiger partial charge in [0.05, 0.1) is 24.7 Å². The summed E-state index contributed by atoms with van der Waals surface area (Å²) in [5.74, 6) is 1.67. The molecule has 2 atom stereocenters. The fraction of sp³-hybridized carbons (Fsp3) is 0.615. The van der Waals surface area contributed by atoms with Crippen molar-refractivity contribution in [2.45, 2.75) is 32.4 Å². The van der Waals surface area contributed by atoms with E-state index in [0.717, 1.165) is 31.9 Å². The number of rotatable bonds is 5. The van der Waals surface area contributed by atoms with Crippen molar-refractivity contribution in [3.8, 4) is 0 Å². The first kappa shape index (κ1) is 13.3. The highest BCUT2D eigenvalue weighted by atomic mass is 16.5. The van der Waals surface area contributed by atoms with Gasteiger partial charge in [0.2, 0.25) is 5.89 Å². The van der Waals surface area contributed by atoms with Crippen LogP contribution in [0.5, 0.6) is 0 Å². The van der Waals surface area contributed by atoms with Gasteiger partial charge in [0.15, 0.2) is 5.82 Å². The largest absolute Gasteiger partial charge is 0.381 e. The van der Waals surface area contributed by atoms with Crippen LogP contribution in [0.2, 0.25) is 0 Å². The van der Waals surface area contributed by atoms with Gasteiger partial charge in [-0.15, -0.1) is 0 Å². The Morgan fingerprint density at radius 1 is 1.55 bits per heavy atom. The zero-order chi connectivity index (χ0) is 13.9. The van der Waals surface area contributed by atoms with E-state index in [4.69, 9.17) is 15.0 Å². The molecule has 0 bridgehead atoms. The molecule has 7 heteroatoms. The minimum absolute atomic E-state index is 0.0376.